The quantitative estimate of drug-likeness (QED) is 0.0203. The van der Waals surface area contributed by atoms with E-state index in [0.29, 0.717) is 30.3 Å². The summed E-state index contributed by atoms with van der Waals surface area (Å²) in [6.45, 7) is 3.99. The van der Waals surface area contributed by atoms with Crippen LogP contribution in [0.2, 0.25) is 0 Å². The van der Waals surface area contributed by atoms with Crippen LogP contribution in [0.5, 0.6) is 0 Å². The Hall–Kier alpha value is -2.55. The van der Waals surface area contributed by atoms with Crippen molar-refractivity contribution in [2.24, 2.45) is 0 Å². The zero-order valence-electron chi connectivity index (χ0n) is 34.6. The van der Waals surface area contributed by atoms with Gasteiger partial charge in [-0.3, -0.25) is 14.2 Å². The molecule has 0 aliphatic rings. The van der Waals surface area contributed by atoms with E-state index in [4.69, 9.17) is 18.5 Å². The van der Waals surface area contributed by atoms with Gasteiger partial charge in [0.25, 0.3) is 7.82 Å². The van der Waals surface area contributed by atoms with Gasteiger partial charge in [-0.25, -0.2) is 0 Å². The first-order valence-corrected chi connectivity index (χ1v) is 22.1. The molecular formula is C44H76NO8P. The summed E-state index contributed by atoms with van der Waals surface area (Å²) in [6.07, 6.45) is 43.6. The average Bonchev–Trinajstić information content (AvgIpc) is 3.12. The minimum absolute atomic E-state index is 0.0463. The van der Waals surface area contributed by atoms with Crippen LogP contribution < -0.4 is 4.89 Å². The maximum absolute atomic E-state index is 12.6. The Morgan fingerprint density at radius 1 is 0.593 bits per heavy atom. The number of quaternary nitrogens is 1. The summed E-state index contributed by atoms with van der Waals surface area (Å²) in [5.41, 5.74) is 0. The number of hydrogen-bond donors (Lipinski definition) is 0. The molecule has 0 heterocycles. The number of phosphoric ester groups is 1. The van der Waals surface area contributed by atoms with Crippen molar-refractivity contribution in [1.82, 2.24) is 0 Å². The molecule has 0 rings (SSSR count). The third-order valence-corrected chi connectivity index (χ3v) is 9.17. The molecule has 0 spiro atoms. The van der Waals surface area contributed by atoms with E-state index in [1.54, 1.807) is 0 Å². The van der Waals surface area contributed by atoms with Gasteiger partial charge < -0.3 is 27.9 Å². The highest BCUT2D eigenvalue weighted by Crippen LogP contribution is 2.38. The third-order valence-electron chi connectivity index (χ3n) is 8.21. The van der Waals surface area contributed by atoms with Gasteiger partial charge in [-0.1, -0.05) is 125 Å². The summed E-state index contributed by atoms with van der Waals surface area (Å²) >= 11 is 0. The number of likely N-dealkylation sites (N-methyl/N-ethyl adjacent to an activating group) is 1. The van der Waals surface area contributed by atoms with E-state index < -0.39 is 32.5 Å². The minimum atomic E-state index is -4.64. The van der Waals surface area contributed by atoms with Gasteiger partial charge in [0.2, 0.25) is 0 Å². The summed E-state index contributed by atoms with van der Waals surface area (Å²) in [5.74, 6) is -0.921. The summed E-state index contributed by atoms with van der Waals surface area (Å²) < 4.78 is 33.7. The van der Waals surface area contributed by atoms with E-state index in [-0.39, 0.29) is 26.1 Å². The number of ether oxygens (including phenoxy) is 2. The van der Waals surface area contributed by atoms with Crippen molar-refractivity contribution in [3.8, 4) is 0 Å². The van der Waals surface area contributed by atoms with Crippen LogP contribution in [0.15, 0.2) is 72.9 Å². The molecule has 9 nitrogen and oxygen atoms in total. The van der Waals surface area contributed by atoms with Gasteiger partial charge in [0, 0.05) is 12.8 Å². The summed E-state index contributed by atoms with van der Waals surface area (Å²) in [4.78, 5) is 37.4. The molecule has 0 fully saturated rings. The molecule has 0 radical (unpaired) electrons. The van der Waals surface area contributed by atoms with Crippen molar-refractivity contribution in [3.05, 3.63) is 72.9 Å². The van der Waals surface area contributed by atoms with Gasteiger partial charge in [-0.2, -0.15) is 0 Å². The fourth-order valence-corrected chi connectivity index (χ4v) is 5.71. The van der Waals surface area contributed by atoms with Crippen LogP contribution in [-0.2, 0) is 32.7 Å². The Balaban J connectivity index is 4.54. The second kappa shape index (κ2) is 36.1. The van der Waals surface area contributed by atoms with Crippen LogP contribution in [0, 0.1) is 0 Å². The van der Waals surface area contributed by atoms with Gasteiger partial charge in [0.05, 0.1) is 27.7 Å². The SMILES string of the molecule is CC/C=C/C/C=C/C/C=C/C/C=C/C/C=C/CCCC(=O)O[C@H](COC(=O)CCCCCCC/C=C/CCCCCC)COP(=O)([O-])OCC[N+](C)(C)C. The molecule has 10 heteroatoms. The molecule has 0 bridgehead atoms. The van der Waals surface area contributed by atoms with Gasteiger partial charge in [-0.15, -0.1) is 0 Å². The second-order valence-electron chi connectivity index (χ2n) is 14.6. The lowest BCUT2D eigenvalue weighted by atomic mass is 10.1. The number of allylic oxidation sites excluding steroid dienone is 12. The predicted octanol–water partition coefficient (Wildman–Crippen LogP) is 10.8. The van der Waals surface area contributed by atoms with E-state index in [1.165, 1.54) is 32.1 Å². The average molecular weight is 778 g/mol. The Morgan fingerprint density at radius 2 is 1.07 bits per heavy atom. The molecule has 54 heavy (non-hydrogen) atoms. The van der Waals surface area contributed by atoms with E-state index in [9.17, 15) is 19.0 Å². The van der Waals surface area contributed by atoms with Crippen LogP contribution in [-0.4, -0.2) is 70.0 Å². The molecule has 0 N–H and O–H groups in total. The van der Waals surface area contributed by atoms with Crippen molar-refractivity contribution in [3.63, 3.8) is 0 Å². The highest BCUT2D eigenvalue weighted by Gasteiger charge is 2.21. The minimum Gasteiger partial charge on any atom is -0.756 e. The molecular weight excluding hydrogens is 701 g/mol. The molecule has 0 saturated heterocycles. The fourth-order valence-electron chi connectivity index (χ4n) is 4.98. The zero-order chi connectivity index (χ0) is 40.0. The topological polar surface area (TPSA) is 111 Å². The zero-order valence-corrected chi connectivity index (χ0v) is 35.5. The maximum Gasteiger partial charge on any atom is 0.306 e. The number of carbonyl (C=O) groups excluding carboxylic acids is 2. The third kappa shape index (κ3) is 39.2. The Kier molecular flexibility index (Phi) is 34.4. The summed E-state index contributed by atoms with van der Waals surface area (Å²) in [7, 11) is 1.11. The standard InChI is InChI=1S/C44H76NO8P/c1-6-8-10-12-14-16-18-20-21-22-23-25-27-29-31-33-35-37-44(47)53-42(41-52-54(48,49)51-39-38-45(3,4)5)40-50-43(46)36-34-32-30-28-26-24-19-17-15-13-11-9-7-2/h8,10,14,16-17,19-21,23,25,29,31,42H,6-7,9,11-13,15,18,22,24,26-28,30,32-41H2,1-5H3/b10-8+,16-14+,19-17+,21-20+,25-23+,31-29+/t42-/m1/s1. The number of esters is 2. The van der Waals surface area contributed by atoms with Crippen molar-refractivity contribution >= 4 is 19.8 Å². The van der Waals surface area contributed by atoms with E-state index >= 15 is 0 Å². The van der Waals surface area contributed by atoms with Gasteiger partial charge >= 0.3 is 11.9 Å². The van der Waals surface area contributed by atoms with Crippen LogP contribution in [0.4, 0.5) is 0 Å². The number of rotatable bonds is 36. The van der Waals surface area contributed by atoms with E-state index in [1.807, 2.05) is 27.2 Å². The normalized spacial score (nSPS) is 14.4. The number of phosphoric acid groups is 1. The summed E-state index contributed by atoms with van der Waals surface area (Å²) in [5, 5.41) is 0. The molecule has 0 aromatic carbocycles. The van der Waals surface area contributed by atoms with Crippen LogP contribution in [0.25, 0.3) is 0 Å². The number of nitrogens with zero attached hydrogens (tertiary/aromatic N) is 1. The highest BCUT2D eigenvalue weighted by molar-refractivity contribution is 7.45. The van der Waals surface area contributed by atoms with Crippen LogP contribution in [0.1, 0.15) is 142 Å². The Labute approximate surface area is 329 Å². The molecule has 1 unspecified atom stereocenters. The van der Waals surface area contributed by atoms with Crippen molar-refractivity contribution in [2.45, 2.75) is 148 Å². The van der Waals surface area contributed by atoms with Gasteiger partial charge in [0.1, 0.15) is 19.8 Å². The van der Waals surface area contributed by atoms with Gasteiger partial charge in [0.15, 0.2) is 6.10 Å². The number of hydrogen-bond acceptors (Lipinski definition) is 8. The predicted molar refractivity (Wildman–Crippen MR) is 222 cm³/mol. The number of carbonyl (C=O) groups is 2. The Bertz CT molecular complexity index is 1150. The van der Waals surface area contributed by atoms with Crippen molar-refractivity contribution < 1.29 is 42.1 Å². The van der Waals surface area contributed by atoms with Crippen molar-refractivity contribution in [2.75, 3.05) is 47.5 Å². The van der Waals surface area contributed by atoms with Gasteiger partial charge in [-0.05, 0) is 77.0 Å². The monoisotopic (exact) mass is 778 g/mol. The maximum atomic E-state index is 12.6. The molecule has 2 atom stereocenters. The largest absolute Gasteiger partial charge is 0.756 e. The molecule has 0 aliphatic carbocycles. The number of unbranched alkanes of at least 4 members (excludes halogenated alkanes) is 10. The van der Waals surface area contributed by atoms with Crippen molar-refractivity contribution in [1.29, 1.82) is 0 Å². The molecule has 0 aromatic rings. The fraction of sp³-hybridized carbons (Fsp3) is 0.682. The van der Waals surface area contributed by atoms with Crippen LogP contribution in [0.3, 0.4) is 0 Å². The molecule has 0 saturated carbocycles. The Morgan fingerprint density at radius 3 is 1.65 bits per heavy atom. The molecule has 0 aliphatic heterocycles. The molecule has 0 amide bonds. The first-order chi connectivity index (χ1) is 26.0. The van der Waals surface area contributed by atoms with Crippen LogP contribution >= 0.6 is 7.82 Å². The first kappa shape index (κ1) is 51.5. The van der Waals surface area contributed by atoms with E-state index in [2.05, 4.69) is 80.7 Å². The van der Waals surface area contributed by atoms with E-state index in [0.717, 1.165) is 64.2 Å². The second-order valence-corrected chi connectivity index (χ2v) is 16.0. The lowest BCUT2D eigenvalue weighted by Crippen LogP contribution is -2.37. The lowest BCUT2D eigenvalue weighted by Gasteiger charge is -2.28. The lowest BCUT2D eigenvalue weighted by molar-refractivity contribution is -0.870. The summed E-state index contributed by atoms with van der Waals surface area (Å²) in [6, 6.07) is 0. The first-order valence-electron chi connectivity index (χ1n) is 20.6. The molecule has 310 valence electrons. The highest BCUT2D eigenvalue weighted by atomic mass is 31.2. The molecule has 0 aromatic heterocycles. The smallest absolute Gasteiger partial charge is 0.306 e.